The summed E-state index contributed by atoms with van der Waals surface area (Å²) in [4.78, 5) is 29.6. The second-order valence-corrected chi connectivity index (χ2v) is 8.18. The number of anilines is 1. The molecule has 2 aromatic carbocycles. The molecule has 2 heterocycles. The molecule has 1 atom stereocenters. The second kappa shape index (κ2) is 8.61. The largest absolute Gasteiger partial charge is 0.348 e. The Morgan fingerprint density at radius 2 is 1.93 bits per heavy atom. The molecule has 3 aromatic rings. The predicted molar refractivity (Wildman–Crippen MR) is 117 cm³/mol. The maximum atomic E-state index is 13.0. The van der Waals surface area contributed by atoms with E-state index in [0.717, 1.165) is 5.56 Å². The number of halogens is 1. The van der Waals surface area contributed by atoms with Crippen molar-refractivity contribution in [3.8, 4) is 0 Å². The molecule has 0 saturated heterocycles. The second-order valence-electron chi connectivity index (χ2n) is 6.56. The van der Waals surface area contributed by atoms with Crippen LogP contribution in [0.5, 0.6) is 0 Å². The van der Waals surface area contributed by atoms with Crippen LogP contribution in [-0.4, -0.2) is 20.9 Å². The van der Waals surface area contributed by atoms with E-state index in [1.165, 1.54) is 12.1 Å². The number of hydrogen-bond donors (Lipinski definition) is 2. The Morgan fingerprint density at radius 1 is 1.13 bits per heavy atom. The number of nitrogens with zero attached hydrogens (tertiary/aromatic N) is 1. The minimum atomic E-state index is -1.71. The van der Waals surface area contributed by atoms with Crippen LogP contribution in [0.4, 0.5) is 5.69 Å². The first kappa shape index (κ1) is 20.0. The molecule has 0 radical (unpaired) electrons. The van der Waals surface area contributed by atoms with Gasteiger partial charge in [-0.3, -0.25) is 14.6 Å². The fraction of sp³-hybridized carbons (Fsp3) is 0.0455. The van der Waals surface area contributed by atoms with Crippen molar-refractivity contribution in [1.82, 2.24) is 10.3 Å². The SMILES string of the molecule is O=C(NCc1ccncc1)c1ccc2c(c1)C(=O)/C(=C/c1cccc(Cl)c1)S(=O)N2. The Kier molecular flexibility index (Phi) is 5.74. The van der Waals surface area contributed by atoms with Crippen LogP contribution in [0.15, 0.2) is 71.9 Å². The molecule has 6 nitrogen and oxygen atoms in total. The van der Waals surface area contributed by atoms with Crippen molar-refractivity contribution in [2.24, 2.45) is 0 Å². The lowest BCUT2D eigenvalue weighted by Gasteiger charge is -2.19. The third kappa shape index (κ3) is 4.32. The topological polar surface area (TPSA) is 88.2 Å². The van der Waals surface area contributed by atoms with Crippen LogP contribution in [0.3, 0.4) is 0 Å². The number of Topliss-reactive ketones (excluding diaryl/α,β-unsaturated/α-hetero) is 1. The van der Waals surface area contributed by atoms with Crippen molar-refractivity contribution in [3.63, 3.8) is 0 Å². The molecule has 1 amide bonds. The van der Waals surface area contributed by atoms with E-state index in [-0.39, 0.29) is 10.8 Å². The minimum Gasteiger partial charge on any atom is -0.348 e. The van der Waals surface area contributed by atoms with Crippen LogP contribution in [0, 0.1) is 0 Å². The van der Waals surface area contributed by atoms with Gasteiger partial charge in [0.2, 0.25) is 5.78 Å². The van der Waals surface area contributed by atoms with Crippen LogP contribution in [-0.2, 0) is 17.5 Å². The van der Waals surface area contributed by atoms with Gasteiger partial charge in [0.05, 0.1) is 5.69 Å². The van der Waals surface area contributed by atoms with Gasteiger partial charge in [-0.05, 0) is 59.7 Å². The number of rotatable bonds is 4. The number of hydrogen-bond acceptors (Lipinski definition) is 4. The summed E-state index contributed by atoms with van der Waals surface area (Å²) in [6, 6.07) is 15.2. The van der Waals surface area contributed by atoms with E-state index in [2.05, 4.69) is 15.0 Å². The van der Waals surface area contributed by atoms with Crippen molar-refractivity contribution in [1.29, 1.82) is 0 Å². The van der Waals surface area contributed by atoms with Crippen LogP contribution in [0.25, 0.3) is 6.08 Å². The number of carbonyl (C=O) groups excluding carboxylic acids is 2. The molecule has 4 rings (SSSR count). The number of benzene rings is 2. The van der Waals surface area contributed by atoms with Gasteiger partial charge in [-0.25, -0.2) is 4.21 Å². The highest BCUT2D eigenvalue weighted by Crippen LogP contribution is 2.30. The highest BCUT2D eigenvalue weighted by Gasteiger charge is 2.28. The number of ketones is 1. The first-order valence-corrected chi connectivity index (χ1v) is 10.6. The third-order valence-corrected chi connectivity index (χ3v) is 5.84. The summed E-state index contributed by atoms with van der Waals surface area (Å²) >= 11 is 5.99. The number of carbonyl (C=O) groups is 2. The Morgan fingerprint density at radius 3 is 2.70 bits per heavy atom. The number of pyridine rings is 1. The molecule has 30 heavy (non-hydrogen) atoms. The number of fused-ring (bicyclic) bond motifs is 1. The molecule has 0 aliphatic carbocycles. The monoisotopic (exact) mass is 437 g/mol. The van der Waals surface area contributed by atoms with Crippen molar-refractivity contribution in [2.75, 3.05) is 4.72 Å². The van der Waals surface area contributed by atoms with Gasteiger partial charge in [0.1, 0.15) is 4.91 Å². The van der Waals surface area contributed by atoms with Gasteiger partial charge in [0.25, 0.3) is 5.91 Å². The van der Waals surface area contributed by atoms with Crippen LogP contribution >= 0.6 is 11.6 Å². The van der Waals surface area contributed by atoms with E-state index in [0.29, 0.717) is 33.9 Å². The molecular formula is C22H16ClN3O3S. The summed E-state index contributed by atoms with van der Waals surface area (Å²) in [5.74, 6) is -0.708. The van der Waals surface area contributed by atoms with Gasteiger partial charge in [-0.2, -0.15) is 0 Å². The molecule has 0 spiro atoms. The summed E-state index contributed by atoms with van der Waals surface area (Å²) in [5.41, 5.74) is 2.63. The molecule has 1 aliphatic heterocycles. The van der Waals surface area contributed by atoms with Crippen molar-refractivity contribution >= 4 is 46.0 Å². The van der Waals surface area contributed by atoms with E-state index in [4.69, 9.17) is 11.6 Å². The third-order valence-electron chi connectivity index (χ3n) is 4.50. The fourth-order valence-electron chi connectivity index (χ4n) is 2.99. The number of amides is 1. The summed E-state index contributed by atoms with van der Waals surface area (Å²) < 4.78 is 15.3. The van der Waals surface area contributed by atoms with E-state index < -0.39 is 16.8 Å². The maximum Gasteiger partial charge on any atom is 0.251 e. The Bertz CT molecular complexity index is 1200. The smallest absolute Gasteiger partial charge is 0.251 e. The molecule has 1 aliphatic rings. The molecule has 1 aromatic heterocycles. The number of nitrogens with one attached hydrogen (secondary N) is 2. The van der Waals surface area contributed by atoms with E-state index in [1.54, 1.807) is 48.8 Å². The first-order valence-electron chi connectivity index (χ1n) is 9.03. The van der Waals surface area contributed by atoms with Crippen molar-refractivity contribution in [3.05, 3.63) is 99.2 Å². The van der Waals surface area contributed by atoms with Gasteiger partial charge in [0.15, 0.2) is 11.0 Å². The van der Waals surface area contributed by atoms with Crippen LogP contribution in [0.2, 0.25) is 5.02 Å². The molecule has 8 heteroatoms. The lowest BCUT2D eigenvalue weighted by atomic mass is 10.0. The van der Waals surface area contributed by atoms with E-state index >= 15 is 0 Å². The van der Waals surface area contributed by atoms with E-state index in [9.17, 15) is 13.8 Å². The summed E-state index contributed by atoms with van der Waals surface area (Å²) in [6.45, 7) is 0.342. The zero-order chi connectivity index (χ0) is 21.1. The van der Waals surface area contributed by atoms with Crippen LogP contribution in [0.1, 0.15) is 31.8 Å². The predicted octanol–water partition coefficient (Wildman–Crippen LogP) is 3.98. The van der Waals surface area contributed by atoms with Gasteiger partial charge >= 0.3 is 0 Å². The normalized spacial score (nSPS) is 16.6. The number of allylic oxidation sites excluding steroid dienone is 1. The zero-order valence-electron chi connectivity index (χ0n) is 15.6. The van der Waals surface area contributed by atoms with Gasteiger partial charge < -0.3 is 10.0 Å². The maximum absolute atomic E-state index is 13.0. The standard InChI is InChI=1S/C22H16ClN3O3S/c23-17-3-1-2-15(10-17)11-20-21(27)18-12-16(4-5-19(18)26-30(20)29)22(28)25-13-14-6-8-24-9-7-14/h1-12,26H,13H2,(H,25,28)/b20-11-. The van der Waals surface area contributed by atoms with E-state index in [1.807, 2.05) is 12.1 Å². The highest BCUT2D eigenvalue weighted by molar-refractivity contribution is 7.91. The number of aromatic nitrogens is 1. The molecule has 0 fully saturated rings. The first-order chi connectivity index (χ1) is 14.5. The Hall–Kier alpha value is -3.29. The van der Waals surface area contributed by atoms with Gasteiger partial charge in [0, 0.05) is 35.1 Å². The lowest BCUT2D eigenvalue weighted by molar-refractivity contribution is 0.0951. The Labute approximate surface area is 180 Å². The van der Waals surface area contributed by atoms with Crippen LogP contribution < -0.4 is 10.0 Å². The lowest BCUT2D eigenvalue weighted by Crippen LogP contribution is -2.25. The summed E-state index contributed by atoms with van der Waals surface area (Å²) in [5, 5.41) is 3.33. The quantitative estimate of drug-likeness (QED) is 0.604. The van der Waals surface area contributed by atoms with Gasteiger partial charge in [-0.15, -0.1) is 0 Å². The highest BCUT2D eigenvalue weighted by atomic mass is 35.5. The zero-order valence-corrected chi connectivity index (χ0v) is 17.2. The van der Waals surface area contributed by atoms with Crippen molar-refractivity contribution in [2.45, 2.75) is 6.54 Å². The fourth-order valence-corrected chi connectivity index (χ4v) is 4.19. The molecular weight excluding hydrogens is 422 g/mol. The molecule has 2 N–H and O–H groups in total. The average Bonchev–Trinajstić information content (AvgIpc) is 2.75. The van der Waals surface area contributed by atoms with Gasteiger partial charge in [-0.1, -0.05) is 23.7 Å². The summed E-state index contributed by atoms with van der Waals surface area (Å²) in [7, 11) is -1.71. The minimum absolute atomic E-state index is 0.0964. The molecule has 150 valence electrons. The molecule has 1 unspecified atom stereocenters. The summed E-state index contributed by atoms with van der Waals surface area (Å²) in [6.07, 6.45) is 4.84. The average molecular weight is 438 g/mol. The van der Waals surface area contributed by atoms with Crippen molar-refractivity contribution < 1.29 is 13.8 Å². The Balaban J connectivity index is 1.59. The molecule has 0 bridgehead atoms. The molecule has 0 saturated carbocycles.